The first-order valence-corrected chi connectivity index (χ1v) is 4.01. The lowest BCUT2D eigenvalue weighted by Crippen LogP contribution is -2.33. The fraction of sp³-hybridized carbons (Fsp3) is 0. The minimum absolute atomic E-state index is 0.662. The molecule has 1 aliphatic heterocycles. The van der Waals surface area contributed by atoms with E-state index in [2.05, 4.69) is 16.1 Å². The number of hydrazone groups is 1. The van der Waals surface area contributed by atoms with Gasteiger partial charge in [0.05, 0.1) is 0 Å². The molecule has 1 aliphatic rings. The van der Waals surface area contributed by atoms with Gasteiger partial charge >= 0.3 is 0 Å². The fourth-order valence-electron chi connectivity index (χ4n) is 1.01. The largest absolute Gasteiger partial charge is 0.399 e. The lowest BCUT2D eigenvalue weighted by atomic mass is 10.2. The topological polar surface area (TPSA) is 65.7 Å². The van der Waals surface area contributed by atoms with Crippen molar-refractivity contribution in [2.75, 3.05) is 5.73 Å². The highest BCUT2D eigenvalue weighted by Gasteiger charge is 2.12. The Bertz CT molecular complexity index is 333. The van der Waals surface area contributed by atoms with Crippen LogP contribution < -0.4 is 16.7 Å². The van der Waals surface area contributed by atoms with E-state index in [0.29, 0.717) is 5.84 Å². The van der Waals surface area contributed by atoms with Gasteiger partial charge in [0, 0.05) is 23.0 Å². The molecule has 0 saturated heterocycles. The number of rotatable bonds is 1. The molecule has 0 spiro atoms. The van der Waals surface area contributed by atoms with Gasteiger partial charge in [-0.1, -0.05) is 0 Å². The van der Waals surface area contributed by atoms with Gasteiger partial charge in [0.15, 0.2) is 5.84 Å². The van der Waals surface area contributed by atoms with Crippen LogP contribution in [0.4, 0.5) is 5.69 Å². The van der Waals surface area contributed by atoms with E-state index >= 15 is 0 Å². The summed E-state index contributed by atoms with van der Waals surface area (Å²) in [6.07, 6.45) is 0. The summed E-state index contributed by atoms with van der Waals surface area (Å²) in [6, 6.07) is 7.32. The molecule has 2 rings (SSSR count). The maximum Gasteiger partial charge on any atom is 0.171 e. The number of nitrogen functional groups attached to an aromatic ring is 1. The molecule has 0 fully saturated rings. The number of hydrogen-bond donors (Lipinski definition) is 3. The molecule has 13 heavy (non-hydrogen) atoms. The quantitative estimate of drug-likeness (QED) is 0.451. The van der Waals surface area contributed by atoms with Crippen molar-refractivity contribution in [3.63, 3.8) is 0 Å². The van der Waals surface area contributed by atoms with Crippen molar-refractivity contribution < 1.29 is 0 Å². The third-order valence-corrected chi connectivity index (χ3v) is 1.80. The van der Waals surface area contributed by atoms with Crippen LogP contribution in [0.1, 0.15) is 5.56 Å². The number of halogens is 1. The standard InChI is InChI=1S/C7H8ClN5/c8-13-11-7(10-12-13)5-1-3-6(9)4-2-5/h1-4,12H,9H2,(H,10,11). The number of amidine groups is 1. The van der Waals surface area contributed by atoms with Crippen LogP contribution in [0.15, 0.2) is 29.4 Å². The predicted octanol–water partition coefficient (Wildman–Crippen LogP) is 0.409. The summed E-state index contributed by atoms with van der Waals surface area (Å²) in [6.45, 7) is 0. The van der Waals surface area contributed by atoms with Gasteiger partial charge in [-0.2, -0.15) is 0 Å². The second kappa shape index (κ2) is 3.12. The highest BCUT2D eigenvalue weighted by atomic mass is 35.5. The molecule has 1 aromatic carbocycles. The van der Waals surface area contributed by atoms with Crippen molar-refractivity contribution in [3.8, 4) is 0 Å². The van der Waals surface area contributed by atoms with Gasteiger partial charge in [0.25, 0.3) is 0 Å². The third-order valence-electron chi connectivity index (χ3n) is 1.64. The third kappa shape index (κ3) is 1.66. The van der Waals surface area contributed by atoms with Gasteiger partial charge in [-0.15, -0.1) is 5.10 Å². The Balaban J connectivity index is 2.22. The number of hydrogen-bond acceptors (Lipinski definition) is 5. The zero-order valence-electron chi connectivity index (χ0n) is 6.66. The molecule has 0 radical (unpaired) electrons. The van der Waals surface area contributed by atoms with E-state index in [1.807, 2.05) is 12.1 Å². The van der Waals surface area contributed by atoms with E-state index in [1.165, 1.54) is 0 Å². The maximum absolute atomic E-state index is 5.56. The molecule has 0 atom stereocenters. The Kier molecular flexibility index (Phi) is 1.96. The van der Waals surface area contributed by atoms with Crippen molar-refractivity contribution in [1.29, 1.82) is 0 Å². The molecule has 0 amide bonds. The van der Waals surface area contributed by atoms with E-state index in [4.69, 9.17) is 17.5 Å². The monoisotopic (exact) mass is 197 g/mol. The lowest BCUT2D eigenvalue weighted by molar-refractivity contribution is 0.345. The number of nitrogens with zero attached hydrogens (tertiary/aromatic N) is 2. The molecule has 0 unspecified atom stereocenters. The van der Waals surface area contributed by atoms with Crippen LogP contribution in [0.5, 0.6) is 0 Å². The van der Waals surface area contributed by atoms with Crippen molar-refractivity contribution in [2.45, 2.75) is 0 Å². The van der Waals surface area contributed by atoms with Gasteiger partial charge in [0.1, 0.15) is 0 Å². The molecule has 0 bridgehead atoms. The van der Waals surface area contributed by atoms with Gasteiger partial charge in [-0.3, -0.25) is 5.43 Å². The molecule has 0 aromatic heterocycles. The molecule has 4 N–H and O–H groups in total. The SMILES string of the molecule is Nc1ccc(C2=NNN(Cl)N2)cc1. The predicted molar refractivity (Wildman–Crippen MR) is 51.4 cm³/mol. The van der Waals surface area contributed by atoms with Gasteiger partial charge in [-0.05, 0) is 28.9 Å². The molecule has 0 saturated carbocycles. The number of hydrazine groups is 2. The van der Waals surface area contributed by atoms with E-state index in [9.17, 15) is 0 Å². The molecule has 0 aliphatic carbocycles. The number of nitrogens with two attached hydrogens (primary N) is 1. The summed E-state index contributed by atoms with van der Waals surface area (Å²) in [5.41, 5.74) is 12.5. The zero-order chi connectivity index (χ0) is 9.26. The first kappa shape index (κ1) is 8.15. The molecule has 68 valence electrons. The first-order chi connectivity index (χ1) is 6.25. The van der Waals surface area contributed by atoms with E-state index in [-0.39, 0.29) is 0 Å². The minimum atomic E-state index is 0.662. The van der Waals surface area contributed by atoms with Crippen LogP contribution in [0.3, 0.4) is 0 Å². The molecular formula is C7H8ClN5. The van der Waals surface area contributed by atoms with Crippen LogP contribution >= 0.6 is 11.8 Å². The second-order valence-electron chi connectivity index (χ2n) is 2.58. The van der Waals surface area contributed by atoms with Crippen LogP contribution in [-0.4, -0.2) is 10.5 Å². The Hall–Kier alpha value is -1.46. The smallest absolute Gasteiger partial charge is 0.171 e. The summed E-state index contributed by atoms with van der Waals surface area (Å²) < 4.78 is 1.14. The summed E-state index contributed by atoms with van der Waals surface area (Å²) in [7, 11) is 0. The average molecular weight is 198 g/mol. The van der Waals surface area contributed by atoms with Crippen molar-refractivity contribution >= 4 is 23.3 Å². The summed E-state index contributed by atoms with van der Waals surface area (Å²) in [5, 5.41) is 3.93. The second-order valence-corrected chi connectivity index (χ2v) is 2.91. The molecule has 6 heteroatoms. The van der Waals surface area contributed by atoms with Gasteiger partial charge < -0.3 is 5.73 Å². The zero-order valence-corrected chi connectivity index (χ0v) is 7.42. The molecule has 5 nitrogen and oxygen atoms in total. The van der Waals surface area contributed by atoms with Crippen molar-refractivity contribution in [3.05, 3.63) is 29.8 Å². The average Bonchev–Trinajstić information content (AvgIpc) is 2.53. The van der Waals surface area contributed by atoms with Crippen molar-refractivity contribution in [1.82, 2.24) is 15.6 Å². The van der Waals surface area contributed by atoms with Crippen LogP contribution in [0.25, 0.3) is 0 Å². The van der Waals surface area contributed by atoms with E-state index < -0.39 is 0 Å². The van der Waals surface area contributed by atoms with E-state index in [0.717, 1.165) is 15.9 Å². The molecule has 1 aromatic rings. The Morgan fingerprint density at radius 3 is 2.54 bits per heavy atom. The fourth-order valence-corrected chi connectivity index (χ4v) is 1.12. The van der Waals surface area contributed by atoms with Gasteiger partial charge in [-0.25, -0.2) is 5.53 Å². The Morgan fingerprint density at radius 2 is 2.00 bits per heavy atom. The summed E-state index contributed by atoms with van der Waals surface area (Å²) in [5.74, 6) is 0.662. The lowest BCUT2D eigenvalue weighted by Gasteiger charge is -2.04. The van der Waals surface area contributed by atoms with Crippen LogP contribution in [-0.2, 0) is 0 Å². The highest BCUT2D eigenvalue weighted by Crippen LogP contribution is 2.07. The number of benzene rings is 1. The van der Waals surface area contributed by atoms with Crippen LogP contribution in [0.2, 0.25) is 0 Å². The highest BCUT2D eigenvalue weighted by molar-refractivity contribution is 6.15. The molecular weight excluding hydrogens is 190 g/mol. The number of anilines is 1. The van der Waals surface area contributed by atoms with Gasteiger partial charge in [0.2, 0.25) is 0 Å². The summed E-state index contributed by atoms with van der Waals surface area (Å²) >= 11 is 5.56. The van der Waals surface area contributed by atoms with Crippen LogP contribution in [0, 0.1) is 0 Å². The maximum atomic E-state index is 5.56. The van der Waals surface area contributed by atoms with E-state index in [1.54, 1.807) is 12.1 Å². The normalized spacial score (nSPS) is 16.2. The Labute approximate surface area is 80.2 Å². The number of nitrogens with one attached hydrogen (secondary N) is 2. The summed E-state index contributed by atoms with van der Waals surface area (Å²) in [4.78, 5) is 0. The molecule has 1 heterocycles. The minimum Gasteiger partial charge on any atom is -0.399 e. The first-order valence-electron chi connectivity index (χ1n) is 3.67. The Morgan fingerprint density at radius 1 is 1.31 bits per heavy atom. The van der Waals surface area contributed by atoms with Crippen molar-refractivity contribution in [2.24, 2.45) is 5.10 Å².